The predicted molar refractivity (Wildman–Crippen MR) is 82.6 cm³/mol. The minimum atomic E-state index is -0.0446. The van der Waals surface area contributed by atoms with Gasteiger partial charge in [-0.25, -0.2) is 0 Å². The molecule has 0 aliphatic heterocycles. The monoisotopic (exact) mass is 273 g/mol. The summed E-state index contributed by atoms with van der Waals surface area (Å²) < 4.78 is 0. The van der Waals surface area contributed by atoms with Crippen LogP contribution < -0.4 is 16.0 Å². The van der Waals surface area contributed by atoms with Gasteiger partial charge >= 0.3 is 0 Å². The number of hydrogen-bond donors (Lipinski definition) is 2. The Kier molecular flexibility index (Phi) is 5.18. The van der Waals surface area contributed by atoms with Crippen LogP contribution in [0, 0.1) is 5.92 Å². The molecule has 4 heteroatoms. The van der Waals surface area contributed by atoms with Crippen molar-refractivity contribution >= 4 is 11.6 Å². The Morgan fingerprint density at radius 1 is 1.35 bits per heavy atom. The number of benzene rings is 1. The van der Waals surface area contributed by atoms with Gasteiger partial charge in [-0.3, -0.25) is 4.79 Å². The first-order chi connectivity index (χ1) is 9.66. The van der Waals surface area contributed by atoms with Crippen LogP contribution in [-0.2, 0) is 4.79 Å². The Labute approximate surface area is 120 Å². The Bertz CT molecular complexity index is 458. The summed E-state index contributed by atoms with van der Waals surface area (Å²) in [6.07, 6.45) is 5.49. The number of nitrogens with one attached hydrogen (secondary N) is 1. The molecule has 1 amide bonds. The van der Waals surface area contributed by atoms with Crippen LogP contribution in [0.15, 0.2) is 42.5 Å². The molecular weight excluding hydrogens is 250 g/mol. The molecule has 0 heterocycles. The van der Waals surface area contributed by atoms with Crippen molar-refractivity contribution in [3.8, 4) is 0 Å². The summed E-state index contributed by atoms with van der Waals surface area (Å²) in [6.45, 7) is 1.62. The largest absolute Gasteiger partial charge is 0.375 e. The van der Waals surface area contributed by atoms with Gasteiger partial charge in [-0.1, -0.05) is 30.4 Å². The number of carbonyl (C=O) groups excluding carboxylic acids is 1. The van der Waals surface area contributed by atoms with E-state index in [4.69, 9.17) is 5.73 Å². The Morgan fingerprint density at radius 2 is 2.10 bits per heavy atom. The summed E-state index contributed by atoms with van der Waals surface area (Å²) >= 11 is 0. The van der Waals surface area contributed by atoms with Crippen molar-refractivity contribution in [1.82, 2.24) is 5.32 Å². The third-order valence-corrected chi connectivity index (χ3v) is 3.62. The van der Waals surface area contributed by atoms with E-state index in [0.717, 1.165) is 19.4 Å². The Balaban J connectivity index is 1.64. The maximum Gasteiger partial charge on any atom is 0.226 e. The van der Waals surface area contributed by atoms with E-state index in [1.807, 2.05) is 30.4 Å². The third kappa shape index (κ3) is 4.10. The summed E-state index contributed by atoms with van der Waals surface area (Å²) in [5, 5.41) is 2.98. The van der Waals surface area contributed by atoms with Crippen molar-refractivity contribution in [1.29, 1.82) is 0 Å². The average molecular weight is 273 g/mol. The lowest BCUT2D eigenvalue weighted by atomic mass is 10.1. The summed E-state index contributed by atoms with van der Waals surface area (Å²) in [4.78, 5) is 14.1. The van der Waals surface area contributed by atoms with Gasteiger partial charge in [-0.05, 0) is 25.0 Å². The zero-order valence-corrected chi connectivity index (χ0v) is 12.0. The molecule has 0 aromatic heterocycles. The van der Waals surface area contributed by atoms with E-state index in [9.17, 15) is 4.79 Å². The number of para-hydroxylation sites is 1. The van der Waals surface area contributed by atoms with E-state index >= 15 is 0 Å². The maximum atomic E-state index is 11.9. The number of carbonyl (C=O) groups is 1. The number of amides is 1. The molecule has 108 valence electrons. The highest BCUT2D eigenvalue weighted by molar-refractivity contribution is 5.81. The fourth-order valence-corrected chi connectivity index (χ4v) is 2.39. The fraction of sp³-hybridized carbons (Fsp3) is 0.438. The Morgan fingerprint density at radius 3 is 2.75 bits per heavy atom. The van der Waals surface area contributed by atoms with Gasteiger partial charge in [0.2, 0.25) is 5.91 Å². The molecule has 2 atom stereocenters. The molecule has 20 heavy (non-hydrogen) atoms. The number of rotatable bonds is 6. The first-order valence-electron chi connectivity index (χ1n) is 7.14. The molecule has 4 nitrogen and oxygen atoms in total. The highest BCUT2D eigenvalue weighted by Crippen LogP contribution is 2.16. The van der Waals surface area contributed by atoms with Crippen LogP contribution in [0.4, 0.5) is 5.69 Å². The molecule has 0 saturated carbocycles. The SMILES string of the molecule is CN(CCCNC(=O)C1C=CC(N)C1)c1ccccc1. The van der Waals surface area contributed by atoms with Crippen LogP contribution in [0.2, 0.25) is 0 Å². The van der Waals surface area contributed by atoms with Crippen molar-refractivity contribution in [2.24, 2.45) is 11.7 Å². The van der Waals surface area contributed by atoms with E-state index < -0.39 is 0 Å². The molecule has 0 fully saturated rings. The number of nitrogens with two attached hydrogens (primary N) is 1. The summed E-state index contributed by atoms with van der Waals surface area (Å²) in [5.41, 5.74) is 6.95. The van der Waals surface area contributed by atoms with Crippen LogP contribution in [0.3, 0.4) is 0 Å². The third-order valence-electron chi connectivity index (χ3n) is 3.62. The van der Waals surface area contributed by atoms with Gasteiger partial charge < -0.3 is 16.0 Å². The lowest BCUT2D eigenvalue weighted by Gasteiger charge is -2.19. The first kappa shape index (κ1) is 14.6. The molecule has 0 saturated heterocycles. The minimum Gasteiger partial charge on any atom is -0.375 e. The quantitative estimate of drug-likeness (QED) is 0.610. The zero-order valence-electron chi connectivity index (χ0n) is 12.0. The summed E-state index contributed by atoms with van der Waals surface area (Å²) in [5.74, 6) is 0.0495. The molecule has 1 aromatic carbocycles. The summed E-state index contributed by atoms with van der Waals surface area (Å²) in [7, 11) is 2.07. The van der Waals surface area contributed by atoms with Gasteiger partial charge in [-0.2, -0.15) is 0 Å². The normalized spacial score (nSPS) is 20.9. The molecular formula is C16H23N3O. The molecule has 1 aliphatic carbocycles. The lowest BCUT2D eigenvalue weighted by Crippen LogP contribution is -2.33. The van der Waals surface area contributed by atoms with Crippen LogP contribution in [-0.4, -0.2) is 32.1 Å². The molecule has 1 aliphatic rings. The lowest BCUT2D eigenvalue weighted by molar-refractivity contribution is -0.123. The Hall–Kier alpha value is -1.81. The predicted octanol–water partition coefficient (Wildman–Crippen LogP) is 1.53. The maximum absolute atomic E-state index is 11.9. The molecule has 3 N–H and O–H groups in total. The molecule has 0 bridgehead atoms. The van der Waals surface area contributed by atoms with Crippen LogP contribution in [0.1, 0.15) is 12.8 Å². The van der Waals surface area contributed by atoms with Gasteiger partial charge in [0.05, 0.1) is 5.92 Å². The second-order valence-corrected chi connectivity index (χ2v) is 5.29. The van der Waals surface area contributed by atoms with Crippen LogP contribution in [0.25, 0.3) is 0 Å². The van der Waals surface area contributed by atoms with Crippen molar-refractivity contribution in [2.45, 2.75) is 18.9 Å². The summed E-state index contributed by atoms with van der Waals surface area (Å²) in [6, 6.07) is 10.3. The van der Waals surface area contributed by atoms with E-state index in [2.05, 4.69) is 29.4 Å². The minimum absolute atomic E-state index is 0.0370. The van der Waals surface area contributed by atoms with Crippen molar-refractivity contribution in [3.05, 3.63) is 42.5 Å². The van der Waals surface area contributed by atoms with E-state index in [-0.39, 0.29) is 17.9 Å². The molecule has 0 spiro atoms. The van der Waals surface area contributed by atoms with Gasteiger partial charge in [-0.15, -0.1) is 0 Å². The van der Waals surface area contributed by atoms with Gasteiger partial charge in [0, 0.05) is 31.9 Å². The highest BCUT2D eigenvalue weighted by atomic mass is 16.1. The second kappa shape index (κ2) is 7.10. The van der Waals surface area contributed by atoms with E-state index in [1.54, 1.807) is 0 Å². The van der Waals surface area contributed by atoms with Crippen molar-refractivity contribution in [3.63, 3.8) is 0 Å². The van der Waals surface area contributed by atoms with Crippen LogP contribution >= 0.6 is 0 Å². The van der Waals surface area contributed by atoms with E-state index in [1.165, 1.54) is 5.69 Å². The molecule has 1 aromatic rings. The second-order valence-electron chi connectivity index (χ2n) is 5.29. The molecule has 2 unspecified atom stereocenters. The van der Waals surface area contributed by atoms with Gasteiger partial charge in [0.15, 0.2) is 0 Å². The van der Waals surface area contributed by atoms with Crippen molar-refractivity contribution in [2.75, 3.05) is 25.0 Å². The van der Waals surface area contributed by atoms with Gasteiger partial charge in [0.1, 0.15) is 0 Å². The van der Waals surface area contributed by atoms with Gasteiger partial charge in [0.25, 0.3) is 0 Å². The molecule has 2 rings (SSSR count). The van der Waals surface area contributed by atoms with Crippen LogP contribution in [0.5, 0.6) is 0 Å². The first-order valence-corrected chi connectivity index (χ1v) is 7.14. The average Bonchev–Trinajstić information content (AvgIpc) is 2.91. The number of anilines is 1. The van der Waals surface area contributed by atoms with E-state index in [0.29, 0.717) is 6.54 Å². The fourth-order valence-electron chi connectivity index (χ4n) is 2.39. The number of hydrogen-bond acceptors (Lipinski definition) is 3. The zero-order chi connectivity index (χ0) is 14.4. The topological polar surface area (TPSA) is 58.4 Å². The van der Waals surface area contributed by atoms with Crippen molar-refractivity contribution < 1.29 is 4.79 Å². The smallest absolute Gasteiger partial charge is 0.226 e. The molecule has 0 radical (unpaired) electrons. The highest BCUT2D eigenvalue weighted by Gasteiger charge is 2.21. The number of nitrogens with zero attached hydrogens (tertiary/aromatic N) is 1. The standard InChI is InChI=1S/C16H23N3O/c1-19(15-6-3-2-4-7-15)11-5-10-18-16(20)13-8-9-14(17)12-13/h2-4,6-9,13-14H,5,10-12,17H2,1H3,(H,18,20).